The Bertz CT molecular complexity index is 436. The van der Waals surface area contributed by atoms with E-state index in [4.69, 9.17) is 9.47 Å². The number of ether oxygens (including phenoxy) is 2. The maximum absolute atomic E-state index is 10.1. The quantitative estimate of drug-likeness (QED) is 0.476. The number of hydrogen-bond acceptors (Lipinski definition) is 3. The van der Waals surface area contributed by atoms with E-state index in [1.165, 1.54) is 24.5 Å². The summed E-state index contributed by atoms with van der Waals surface area (Å²) in [6.45, 7) is 10.3. The van der Waals surface area contributed by atoms with Gasteiger partial charge in [0.15, 0.2) is 0 Å². The van der Waals surface area contributed by atoms with Gasteiger partial charge in [0.25, 0.3) is 0 Å². The van der Waals surface area contributed by atoms with Crippen LogP contribution in [0.1, 0.15) is 6.92 Å². The minimum absolute atomic E-state index is 0.386. The third kappa shape index (κ3) is 7.18. The molecular weight excluding hydrogens is 360 g/mol. The number of halogens is 1. The Hall–Kier alpha value is -0.660. The molecule has 130 valence electrons. The van der Waals surface area contributed by atoms with Gasteiger partial charge in [0, 0.05) is 4.47 Å². The monoisotopic (exact) mass is 388 g/mol. The van der Waals surface area contributed by atoms with Crippen LogP contribution < -0.4 is 14.5 Å². The van der Waals surface area contributed by atoms with Crippen molar-refractivity contribution < 1.29 is 24.4 Å². The molecule has 1 aliphatic rings. The molecule has 1 heterocycles. The highest BCUT2D eigenvalue weighted by Crippen LogP contribution is 2.15. The first-order valence-corrected chi connectivity index (χ1v) is 9.28. The van der Waals surface area contributed by atoms with Crippen LogP contribution in [-0.2, 0) is 4.74 Å². The predicted octanol–water partition coefficient (Wildman–Crippen LogP) is -0.991. The Kier molecular flexibility index (Phi) is 8.33. The van der Waals surface area contributed by atoms with E-state index < -0.39 is 0 Å². The van der Waals surface area contributed by atoms with Gasteiger partial charge in [-0.1, -0.05) is 15.9 Å². The first-order chi connectivity index (χ1) is 11.2. The minimum Gasteiger partial charge on any atom is -0.491 e. The molecule has 23 heavy (non-hydrogen) atoms. The molecule has 2 rings (SSSR count). The smallest absolute Gasteiger partial charge is 0.127 e. The highest BCUT2D eigenvalue weighted by molar-refractivity contribution is 9.10. The fourth-order valence-electron chi connectivity index (χ4n) is 2.88. The van der Waals surface area contributed by atoms with Crippen molar-refractivity contribution in [2.45, 2.75) is 13.0 Å². The van der Waals surface area contributed by atoms with Gasteiger partial charge in [0.2, 0.25) is 0 Å². The average molecular weight is 389 g/mol. The Labute approximate surface area is 147 Å². The van der Waals surface area contributed by atoms with Gasteiger partial charge in [-0.2, -0.15) is 0 Å². The largest absolute Gasteiger partial charge is 0.491 e. The zero-order valence-corrected chi connectivity index (χ0v) is 15.5. The zero-order chi connectivity index (χ0) is 16.5. The molecule has 0 spiro atoms. The number of rotatable bonds is 9. The standard InChI is InChI=1S/C17H27BrN2O3/c1-2-19-7-9-20(10-8-19)13-16(21)14-22-11-12-23-17-5-3-15(18)4-6-17/h3-6,16,21H,2,7-14H2,1H3/p+2/t16-/m1/s1. The summed E-state index contributed by atoms with van der Waals surface area (Å²) in [7, 11) is 0. The van der Waals surface area contributed by atoms with Crippen molar-refractivity contribution in [3.8, 4) is 5.75 Å². The number of piperazine rings is 1. The van der Waals surface area contributed by atoms with Crippen LogP contribution in [0.2, 0.25) is 0 Å². The number of likely N-dealkylation sites (N-methyl/N-ethyl adjacent to an activating group) is 1. The van der Waals surface area contributed by atoms with E-state index >= 15 is 0 Å². The maximum Gasteiger partial charge on any atom is 0.127 e. The van der Waals surface area contributed by atoms with Gasteiger partial charge >= 0.3 is 0 Å². The summed E-state index contributed by atoms with van der Waals surface area (Å²) in [5.41, 5.74) is 0. The zero-order valence-electron chi connectivity index (χ0n) is 13.9. The Morgan fingerprint density at radius 2 is 1.74 bits per heavy atom. The van der Waals surface area contributed by atoms with Gasteiger partial charge in [-0.15, -0.1) is 0 Å². The lowest BCUT2D eigenvalue weighted by atomic mass is 10.2. The number of aliphatic hydroxyl groups is 1. The summed E-state index contributed by atoms with van der Waals surface area (Å²) in [5, 5.41) is 10.1. The SMILES string of the molecule is CC[NH+]1CC[NH+](C[C@@H](O)COCCOc2ccc(Br)cc2)CC1. The van der Waals surface area contributed by atoms with Crippen molar-refractivity contribution in [2.75, 3.05) is 59.1 Å². The lowest BCUT2D eigenvalue weighted by Crippen LogP contribution is -3.28. The molecule has 0 radical (unpaired) electrons. The van der Waals surface area contributed by atoms with E-state index in [1.54, 1.807) is 4.90 Å². The lowest BCUT2D eigenvalue weighted by molar-refractivity contribution is -1.01. The second-order valence-electron chi connectivity index (χ2n) is 6.09. The Morgan fingerprint density at radius 1 is 1.09 bits per heavy atom. The molecule has 3 N–H and O–H groups in total. The molecule has 0 aliphatic carbocycles. The van der Waals surface area contributed by atoms with Crippen LogP contribution >= 0.6 is 15.9 Å². The normalized spacial score (nSPS) is 22.7. The third-order valence-corrected chi connectivity index (χ3v) is 4.84. The summed E-state index contributed by atoms with van der Waals surface area (Å²) in [4.78, 5) is 3.16. The van der Waals surface area contributed by atoms with Crippen molar-refractivity contribution in [3.05, 3.63) is 28.7 Å². The van der Waals surface area contributed by atoms with E-state index in [-0.39, 0.29) is 6.10 Å². The number of nitrogens with one attached hydrogen (secondary N) is 2. The molecule has 6 heteroatoms. The molecule has 1 aliphatic heterocycles. The van der Waals surface area contributed by atoms with E-state index in [1.807, 2.05) is 24.3 Å². The van der Waals surface area contributed by atoms with Crippen LogP contribution in [0.15, 0.2) is 28.7 Å². The molecule has 0 aromatic heterocycles. The summed E-state index contributed by atoms with van der Waals surface area (Å²) in [5.74, 6) is 0.832. The van der Waals surface area contributed by atoms with Crippen LogP contribution in [0.5, 0.6) is 5.75 Å². The highest BCUT2D eigenvalue weighted by Gasteiger charge is 2.23. The molecule has 0 saturated carbocycles. The molecule has 1 aromatic carbocycles. The van der Waals surface area contributed by atoms with Crippen LogP contribution in [0.3, 0.4) is 0 Å². The van der Waals surface area contributed by atoms with Gasteiger partial charge in [0.1, 0.15) is 51.2 Å². The van der Waals surface area contributed by atoms with Gasteiger partial charge in [-0.25, -0.2) is 0 Å². The Morgan fingerprint density at radius 3 is 2.39 bits per heavy atom. The van der Waals surface area contributed by atoms with Crippen molar-refractivity contribution in [1.29, 1.82) is 0 Å². The lowest BCUT2D eigenvalue weighted by Gasteiger charge is -2.30. The highest BCUT2D eigenvalue weighted by atomic mass is 79.9. The second-order valence-corrected chi connectivity index (χ2v) is 7.00. The fraction of sp³-hybridized carbons (Fsp3) is 0.647. The average Bonchev–Trinajstić information content (AvgIpc) is 2.57. The van der Waals surface area contributed by atoms with Gasteiger partial charge in [0.05, 0.1) is 19.8 Å². The predicted molar refractivity (Wildman–Crippen MR) is 93.3 cm³/mol. The van der Waals surface area contributed by atoms with Crippen LogP contribution in [0.25, 0.3) is 0 Å². The van der Waals surface area contributed by atoms with E-state index in [9.17, 15) is 5.11 Å². The maximum atomic E-state index is 10.1. The molecule has 1 fully saturated rings. The summed E-state index contributed by atoms with van der Waals surface area (Å²) >= 11 is 3.39. The molecule has 5 nitrogen and oxygen atoms in total. The van der Waals surface area contributed by atoms with E-state index in [0.717, 1.165) is 29.9 Å². The van der Waals surface area contributed by atoms with Crippen molar-refractivity contribution in [1.82, 2.24) is 0 Å². The van der Waals surface area contributed by atoms with E-state index in [0.29, 0.717) is 19.8 Å². The van der Waals surface area contributed by atoms with Gasteiger partial charge < -0.3 is 24.4 Å². The number of quaternary nitrogens is 2. The molecule has 1 atom stereocenters. The molecule has 1 aromatic rings. The summed E-state index contributed by atoms with van der Waals surface area (Å²) in [6, 6.07) is 7.73. The summed E-state index contributed by atoms with van der Waals surface area (Å²) in [6.07, 6.45) is -0.388. The molecule has 0 amide bonds. The van der Waals surface area contributed by atoms with Crippen LogP contribution in [0.4, 0.5) is 0 Å². The third-order valence-electron chi connectivity index (χ3n) is 4.31. The first-order valence-electron chi connectivity index (χ1n) is 8.48. The molecule has 0 bridgehead atoms. The molecular formula is C17H29BrN2O3+2. The van der Waals surface area contributed by atoms with Crippen molar-refractivity contribution in [3.63, 3.8) is 0 Å². The van der Waals surface area contributed by atoms with Gasteiger partial charge in [-0.05, 0) is 31.2 Å². The fourth-order valence-corrected chi connectivity index (χ4v) is 3.14. The van der Waals surface area contributed by atoms with E-state index in [2.05, 4.69) is 22.9 Å². The molecule has 1 saturated heterocycles. The summed E-state index contributed by atoms with van der Waals surface area (Å²) < 4.78 is 12.1. The first kappa shape index (κ1) is 18.7. The van der Waals surface area contributed by atoms with Gasteiger partial charge in [-0.3, -0.25) is 0 Å². The minimum atomic E-state index is -0.388. The number of benzene rings is 1. The van der Waals surface area contributed by atoms with Crippen LogP contribution in [-0.4, -0.2) is 70.3 Å². The second kappa shape index (κ2) is 10.3. The topological polar surface area (TPSA) is 47.6 Å². The van der Waals surface area contributed by atoms with Crippen LogP contribution in [0, 0.1) is 0 Å². The molecule has 0 unspecified atom stereocenters. The van der Waals surface area contributed by atoms with Crippen molar-refractivity contribution in [2.24, 2.45) is 0 Å². The number of aliphatic hydroxyl groups excluding tert-OH is 1. The van der Waals surface area contributed by atoms with Crippen molar-refractivity contribution >= 4 is 15.9 Å². The Balaban J connectivity index is 1.51. The number of hydrogen-bond donors (Lipinski definition) is 3.